The Morgan fingerprint density at radius 3 is 2.94 bits per heavy atom. The number of fused-ring (bicyclic) bond motifs is 1. The normalized spacial score (nSPS) is 16.1. The van der Waals surface area contributed by atoms with E-state index >= 15 is 0 Å². The van der Waals surface area contributed by atoms with Crippen molar-refractivity contribution in [3.63, 3.8) is 0 Å². The number of hydrogen-bond donors (Lipinski definition) is 0. The van der Waals surface area contributed by atoms with Gasteiger partial charge in [0.15, 0.2) is 11.9 Å². The molecule has 0 aromatic carbocycles. The Morgan fingerprint density at radius 1 is 1.59 bits per heavy atom. The minimum Gasteiger partial charge on any atom is -0.377 e. The Kier molecular flexibility index (Phi) is 2.38. The van der Waals surface area contributed by atoms with Crippen molar-refractivity contribution >= 4 is 28.9 Å². The van der Waals surface area contributed by atoms with Gasteiger partial charge in [-0.05, 0) is 13.0 Å². The number of carbonyl (C=O) groups excluding carboxylic acids is 1. The summed E-state index contributed by atoms with van der Waals surface area (Å²) >= 11 is 5.91. The van der Waals surface area contributed by atoms with Gasteiger partial charge >= 0.3 is 0 Å². The smallest absolute Gasteiger partial charge is 0.160 e. The fourth-order valence-electron chi connectivity index (χ4n) is 2.03. The average Bonchev–Trinajstić information content (AvgIpc) is 2.53. The number of aromatic nitrogens is 3. The molecule has 1 aliphatic heterocycles. The van der Waals surface area contributed by atoms with Crippen LogP contribution >= 0.6 is 11.6 Å². The highest BCUT2D eigenvalue weighted by Gasteiger charge is 2.25. The van der Waals surface area contributed by atoms with Crippen LogP contribution in [0, 0.1) is 6.92 Å². The highest BCUT2D eigenvalue weighted by atomic mass is 35.5. The quantitative estimate of drug-likeness (QED) is 0.603. The number of carbonyl (C=O) groups is 1. The molecule has 0 spiro atoms. The number of rotatable bonds is 2. The van der Waals surface area contributed by atoms with Crippen LogP contribution in [-0.4, -0.2) is 34.3 Å². The molecule has 0 atom stereocenters. The maximum atomic E-state index is 11.0. The lowest BCUT2D eigenvalue weighted by Gasteiger charge is -2.26. The molecule has 0 N–H and O–H groups in total. The van der Waals surface area contributed by atoms with Gasteiger partial charge in [-0.15, -0.1) is 0 Å². The van der Waals surface area contributed by atoms with Crippen LogP contribution in [0.15, 0.2) is 6.07 Å². The van der Waals surface area contributed by atoms with Crippen molar-refractivity contribution in [2.75, 3.05) is 13.2 Å². The second-order valence-corrected chi connectivity index (χ2v) is 4.46. The number of nitrogens with zero attached hydrogens (tertiary/aromatic N) is 3. The molecule has 1 saturated heterocycles. The molecule has 1 fully saturated rings. The molecule has 17 heavy (non-hydrogen) atoms. The molecule has 0 unspecified atom stereocenters. The van der Waals surface area contributed by atoms with Crippen LogP contribution in [0.1, 0.15) is 22.1 Å². The summed E-state index contributed by atoms with van der Waals surface area (Å²) in [5, 5.41) is 5.50. The van der Waals surface area contributed by atoms with Crippen LogP contribution in [0.2, 0.25) is 5.15 Å². The van der Waals surface area contributed by atoms with E-state index in [1.807, 2.05) is 6.92 Å². The minimum atomic E-state index is 0.191. The number of ether oxygens (including phenoxy) is 1. The highest BCUT2D eigenvalue weighted by molar-refractivity contribution is 6.30. The zero-order valence-corrected chi connectivity index (χ0v) is 9.94. The summed E-state index contributed by atoms with van der Waals surface area (Å²) in [6.45, 7) is 3.11. The minimum absolute atomic E-state index is 0.191. The summed E-state index contributed by atoms with van der Waals surface area (Å²) in [5.74, 6) is 0. The molecule has 3 rings (SSSR count). The Bertz CT molecular complexity index is 604. The van der Waals surface area contributed by atoms with E-state index in [1.165, 1.54) is 0 Å². The van der Waals surface area contributed by atoms with E-state index in [1.54, 1.807) is 10.7 Å². The molecule has 1 aliphatic rings. The van der Waals surface area contributed by atoms with E-state index in [2.05, 4.69) is 10.1 Å². The third-order valence-corrected chi connectivity index (χ3v) is 3.12. The number of hydrogen-bond acceptors (Lipinski definition) is 4. The number of halogens is 1. The van der Waals surface area contributed by atoms with Crippen molar-refractivity contribution < 1.29 is 9.53 Å². The number of aldehydes is 1. The van der Waals surface area contributed by atoms with Gasteiger partial charge in [0.2, 0.25) is 0 Å². The van der Waals surface area contributed by atoms with Crippen molar-refractivity contribution in [3.05, 3.63) is 22.5 Å². The summed E-state index contributed by atoms with van der Waals surface area (Å²) in [6, 6.07) is 1.75. The summed E-state index contributed by atoms with van der Waals surface area (Å²) in [6.07, 6.45) is 0.784. The first-order valence-corrected chi connectivity index (χ1v) is 5.67. The maximum Gasteiger partial charge on any atom is 0.160 e. The third-order valence-electron chi connectivity index (χ3n) is 2.93. The molecular weight excluding hydrogens is 242 g/mol. The fraction of sp³-hybridized carbons (Fsp3) is 0.364. The Morgan fingerprint density at radius 2 is 2.35 bits per heavy atom. The fourth-order valence-corrected chi connectivity index (χ4v) is 2.22. The molecule has 5 nitrogen and oxygen atoms in total. The van der Waals surface area contributed by atoms with E-state index in [9.17, 15) is 4.79 Å². The van der Waals surface area contributed by atoms with Gasteiger partial charge in [0, 0.05) is 5.56 Å². The largest absolute Gasteiger partial charge is 0.377 e. The summed E-state index contributed by atoms with van der Waals surface area (Å²) in [5.41, 5.74) is 1.98. The zero-order chi connectivity index (χ0) is 12.0. The van der Waals surface area contributed by atoms with Gasteiger partial charge in [-0.25, -0.2) is 9.67 Å². The monoisotopic (exact) mass is 251 g/mol. The first-order chi connectivity index (χ1) is 8.20. The number of aryl methyl sites for hydroxylation is 1. The van der Waals surface area contributed by atoms with Gasteiger partial charge in [-0.2, -0.15) is 5.10 Å². The van der Waals surface area contributed by atoms with Crippen LogP contribution in [0.25, 0.3) is 11.0 Å². The van der Waals surface area contributed by atoms with Gasteiger partial charge < -0.3 is 4.74 Å². The molecule has 2 aromatic rings. The Labute approximate surface area is 102 Å². The van der Waals surface area contributed by atoms with Gasteiger partial charge in [0.05, 0.1) is 24.3 Å². The molecule has 0 amide bonds. The lowest BCUT2D eigenvalue weighted by Crippen LogP contribution is -2.31. The van der Waals surface area contributed by atoms with Crippen LogP contribution in [-0.2, 0) is 4.74 Å². The van der Waals surface area contributed by atoms with Gasteiger partial charge in [-0.3, -0.25) is 4.79 Å². The molecule has 0 saturated carbocycles. The van der Waals surface area contributed by atoms with Crippen LogP contribution in [0.5, 0.6) is 0 Å². The third kappa shape index (κ3) is 1.54. The first kappa shape index (κ1) is 10.7. The Hall–Kier alpha value is -1.46. The Balaban J connectivity index is 2.31. The van der Waals surface area contributed by atoms with Gasteiger partial charge in [0.25, 0.3) is 0 Å². The second-order valence-electron chi connectivity index (χ2n) is 4.07. The summed E-state index contributed by atoms with van der Waals surface area (Å²) < 4.78 is 6.94. The van der Waals surface area contributed by atoms with Gasteiger partial charge in [0.1, 0.15) is 11.2 Å². The lowest BCUT2D eigenvalue weighted by atomic mass is 10.1. The molecule has 0 aliphatic carbocycles. The van der Waals surface area contributed by atoms with Crippen molar-refractivity contribution in [2.45, 2.75) is 13.0 Å². The molecule has 3 heterocycles. The van der Waals surface area contributed by atoms with Crippen molar-refractivity contribution in [2.24, 2.45) is 0 Å². The zero-order valence-electron chi connectivity index (χ0n) is 9.18. The summed E-state index contributed by atoms with van der Waals surface area (Å²) in [4.78, 5) is 15.3. The van der Waals surface area contributed by atoms with E-state index < -0.39 is 0 Å². The van der Waals surface area contributed by atoms with Crippen molar-refractivity contribution in [1.82, 2.24) is 14.8 Å². The van der Waals surface area contributed by atoms with Crippen LogP contribution < -0.4 is 0 Å². The van der Waals surface area contributed by atoms with Crippen LogP contribution in [0.3, 0.4) is 0 Å². The van der Waals surface area contributed by atoms with Gasteiger partial charge in [-0.1, -0.05) is 11.6 Å². The SMILES string of the molecule is Cc1nn(C2COC2)c2nc(Cl)cc(C=O)c12. The molecule has 0 radical (unpaired) electrons. The molecule has 0 bridgehead atoms. The van der Waals surface area contributed by atoms with Crippen molar-refractivity contribution in [1.29, 1.82) is 0 Å². The lowest BCUT2D eigenvalue weighted by molar-refractivity contribution is -0.0270. The van der Waals surface area contributed by atoms with E-state index in [-0.39, 0.29) is 6.04 Å². The predicted molar refractivity (Wildman–Crippen MR) is 62.5 cm³/mol. The average molecular weight is 252 g/mol. The summed E-state index contributed by atoms with van der Waals surface area (Å²) in [7, 11) is 0. The first-order valence-electron chi connectivity index (χ1n) is 5.29. The standard InChI is InChI=1S/C11H10ClN3O2/c1-6-10-7(3-16)2-9(12)13-11(10)15(14-6)8-4-17-5-8/h2-3,8H,4-5H2,1H3. The van der Waals surface area contributed by atoms with E-state index in [0.29, 0.717) is 29.6 Å². The maximum absolute atomic E-state index is 11.0. The highest BCUT2D eigenvalue weighted by Crippen LogP contribution is 2.27. The van der Waals surface area contributed by atoms with Crippen molar-refractivity contribution in [3.8, 4) is 0 Å². The molecule has 6 heteroatoms. The van der Waals surface area contributed by atoms with E-state index in [0.717, 1.165) is 17.4 Å². The topological polar surface area (TPSA) is 57.0 Å². The van der Waals surface area contributed by atoms with E-state index in [4.69, 9.17) is 16.3 Å². The predicted octanol–water partition coefficient (Wildman–Crippen LogP) is 1.78. The second kappa shape index (κ2) is 3.78. The molecule has 2 aromatic heterocycles. The molecular formula is C11H10ClN3O2. The number of pyridine rings is 1. The van der Waals surface area contributed by atoms with Crippen LogP contribution in [0.4, 0.5) is 0 Å². The molecule has 88 valence electrons.